The molecule has 1 aromatic heterocycles. The summed E-state index contributed by atoms with van der Waals surface area (Å²) in [7, 11) is 0. The van der Waals surface area contributed by atoms with Crippen molar-refractivity contribution in [3.8, 4) is 0 Å². The van der Waals surface area contributed by atoms with E-state index in [0.717, 1.165) is 17.9 Å². The molecule has 0 saturated carbocycles. The van der Waals surface area contributed by atoms with E-state index in [-0.39, 0.29) is 0 Å². The third-order valence-electron chi connectivity index (χ3n) is 1.89. The minimum Gasteiger partial charge on any atom is -0.382 e. The van der Waals surface area contributed by atoms with Gasteiger partial charge in [-0.05, 0) is 31.4 Å². The Balaban J connectivity index is 2.43. The van der Waals surface area contributed by atoms with E-state index in [9.17, 15) is 4.39 Å². The summed E-state index contributed by atoms with van der Waals surface area (Å²) in [4.78, 5) is 3.50. The predicted molar refractivity (Wildman–Crippen MR) is 60.3 cm³/mol. The Labute approximate surface area is 88.3 Å². The molecule has 2 nitrogen and oxygen atoms in total. The van der Waals surface area contributed by atoms with Gasteiger partial charge in [-0.25, -0.2) is 4.98 Å². The van der Waals surface area contributed by atoms with Crippen LogP contribution in [0.5, 0.6) is 0 Å². The molecule has 0 aromatic carbocycles. The van der Waals surface area contributed by atoms with E-state index in [1.807, 2.05) is 11.8 Å². The van der Waals surface area contributed by atoms with Crippen molar-refractivity contribution in [2.45, 2.75) is 19.4 Å². The van der Waals surface area contributed by atoms with E-state index in [0.29, 0.717) is 6.04 Å². The fourth-order valence-corrected chi connectivity index (χ4v) is 1.73. The Bertz CT molecular complexity index is 281. The lowest BCUT2D eigenvalue weighted by Gasteiger charge is -2.14. The van der Waals surface area contributed by atoms with Gasteiger partial charge in [0.15, 0.2) is 0 Å². The molecule has 1 aromatic rings. The van der Waals surface area contributed by atoms with Gasteiger partial charge in [0.25, 0.3) is 0 Å². The van der Waals surface area contributed by atoms with E-state index in [2.05, 4.69) is 23.5 Å². The van der Waals surface area contributed by atoms with Gasteiger partial charge in [0.05, 0.1) is 0 Å². The normalized spacial score (nSPS) is 12.5. The van der Waals surface area contributed by atoms with Gasteiger partial charge in [-0.15, -0.1) is 0 Å². The first-order chi connectivity index (χ1) is 6.72. The number of hydrogen-bond donors (Lipinski definition) is 1. The average molecular weight is 214 g/mol. The SMILES string of the molecule is CSCCC(C)Nc1ccnc(F)c1. The Morgan fingerprint density at radius 3 is 3.07 bits per heavy atom. The lowest BCUT2D eigenvalue weighted by atomic mass is 10.2. The molecule has 0 amide bonds. The topological polar surface area (TPSA) is 24.9 Å². The highest BCUT2D eigenvalue weighted by atomic mass is 32.2. The molecule has 4 heteroatoms. The summed E-state index contributed by atoms with van der Waals surface area (Å²) in [6.45, 7) is 2.09. The zero-order chi connectivity index (χ0) is 10.4. The van der Waals surface area contributed by atoms with Crippen molar-refractivity contribution in [2.75, 3.05) is 17.3 Å². The number of halogens is 1. The Morgan fingerprint density at radius 1 is 1.64 bits per heavy atom. The maximum absolute atomic E-state index is 12.7. The molecule has 1 N–H and O–H groups in total. The molecule has 1 rings (SSSR count). The van der Waals surface area contributed by atoms with Gasteiger partial charge >= 0.3 is 0 Å². The second kappa shape index (κ2) is 5.86. The van der Waals surface area contributed by atoms with Crippen LogP contribution in [-0.4, -0.2) is 23.0 Å². The first-order valence-electron chi connectivity index (χ1n) is 4.59. The number of nitrogens with one attached hydrogen (secondary N) is 1. The van der Waals surface area contributed by atoms with Crippen LogP contribution in [0.15, 0.2) is 18.3 Å². The number of anilines is 1. The summed E-state index contributed by atoms with van der Waals surface area (Å²) in [5, 5.41) is 3.22. The fourth-order valence-electron chi connectivity index (χ4n) is 1.14. The number of nitrogens with zero attached hydrogens (tertiary/aromatic N) is 1. The van der Waals surface area contributed by atoms with Crippen molar-refractivity contribution < 1.29 is 4.39 Å². The van der Waals surface area contributed by atoms with Crippen molar-refractivity contribution in [3.63, 3.8) is 0 Å². The van der Waals surface area contributed by atoms with Crippen LogP contribution in [0.2, 0.25) is 0 Å². The van der Waals surface area contributed by atoms with Gasteiger partial charge in [0, 0.05) is 24.0 Å². The maximum Gasteiger partial charge on any atom is 0.214 e. The largest absolute Gasteiger partial charge is 0.382 e. The number of rotatable bonds is 5. The predicted octanol–water partition coefficient (Wildman–Crippen LogP) is 2.77. The van der Waals surface area contributed by atoms with Crippen molar-refractivity contribution in [2.24, 2.45) is 0 Å². The van der Waals surface area contributed by atoms with Crippen LogP contribution < -0.4 is 5.32 Å². The van der Waals surface area contributed by atoms with Crippen molar-refractivity contribution >= 4 is 17.4 Å². The molecule has 0 aliphatic carbocycles. The van der Waals surface area contributed by atoms with Gasteiger partial charge in [0.2, 0.25) is 5.95 Å². The quantitative estimate of drug-likeness (QED) is 0.763. The second-order valence-corrected chi connectivity index (χ2v) is 4.18. The zero-order valence-corrected chi connectivity index (χ0v) is 9.27. The van der Waals surface area contributed by atoms with Crippen LogP contribution in [0.1, 0.15) is 13.3 Å². The molecule has 0 aliphatic heterocycles. The minimum atomic E-state index is -0.438. The van der Waals surface area contributed by atoms with Crippen LogP contribution in [-0.2, 0) is 0 Å². The van der Waals surface area contributed by atoms with Gasteiger partial charge in [-0.2, -0.15) is 16.2 Å². The van der Waals surface area contributed by atoms with Gasteiger partial charge in [-0.3, -0.25) is 0 Å². The van der Waals surface area contributed by atoms with E-state index < -0.39 is 5.95 Å². The summed E-state index contributed by atoms with van der Waals surface area (Å²) in [5.41, 5.74) is 0.797. The molecule has 0 aliphatic rings. The number of aromatic nitrogens is 1. The molecule has 1 heterocycles. The first-order valence-corrected chi connectivity index (χ1v) is 5.99. The minimum absolute atomic E-state index is 0.365. The zero-order valence-electron chi connectivity index (χ0n) is 8.46. The van der Waals surface area contributed by atoms with Crippen molar-refractivity contribution in [1.82, 2.24) is 4.98 Å². The number of thioether (sulfide) groups is 1. The van der Waals surface area contributed by atoms with Crippen LogP contribution in [0.25, 0.3) is 0 Å². The fraction of sp³-hybridized carbons (Fsp3) is 0.500. The smallest absolute Gasteiger partial charge is 0.214 e. The summed E-state index contributed by atoms with van der Waals surface area (Å²) >= 11 is 1.82. The van der Waals surface area contributed by atoms with Crippen LogP contribution in [0.4, 0.5) is 10.1 Å². The summed E-state index contributed by atoms with van der Waals surface area (Å²) in [5.74, 6) is 0.675. The monoisotopic (exact) mass is 214 g/mol. The molecular weight excluding hydrogens is 199 g/mol. The van der Waals surface area contributed by atoms with Crippen LogP contribution in [0.3, 0.4) is 0 Å². The molecule has 0 saturated heterocycles. The van der Waals surface area contributed by atoms with Crippen molar-refractivity contribution in [3.05, 3.63) is 24.3 Å². The summed E-state index contributed by atoms with van der Waals surface area (Å²) in [6, 6.07) is 3.55. The molecule has 0 radical (unpaired) electrons. The molecule has 0 spiro atoms. The second-order valence-electron chi connectivity index (χ2n) is 3.19. The third-order valence-corrected chi connectivity index (χ3v) is 2.54. The van der Waals surface area contributed by atoms with Crippen LogP contribution in [0, 0.1) is 5.95 Å². The Hall–Kier alpha value is -0.770. The van der Waals surface area contributed by atoms with E-state index >= 15 is 0 Å². The average Bonchev–Trinajstić information content (AvgIpc) is 2.15. The van der Waals surface area contributed by atoms with Gasteiger partial charge in [0.1, 0.15) is 0 Å². The van der Waals surface area contributed by atoms with E-state index in [4.69, 9.17) is 0 Å². The number of hydrogen-bond acceptors (Lipinski definition) is 3. The molecular formula is C10H15FN2S. The highest BCUT2D eigenvalue weighted by molar-refractivity contribution is 7.98. The Morgan fingerprint density at radius 2 is 2.43 bits per heavy atom. The third kappa shape index (κ3) is 3.96. The lowest BCUT2D eigenvalue weighted by Crippen LogP contribution is -2.15. The van der Waals surface area contributed by atoms with E-state index in [1.165, 1.54) is 12.3 Å². The Kier molecular flexibility index (Phi) is 4.73. The molecule has 1 unspecified atom stereocenters. The molecule has 0 fully saturated rings. The number of pyridine rings is 1. The maximum atomic E-state index is 12.7. The molecule has 1 atom stereocenters. The molecule has 14 heavy (non-hydrogen) atoms. The van der Waals surface area contributed by atoms with Gasteiger partial charge in [-0.1, -0.05) is 0 Å². The summed E-state index contributed by atoms with van der Waals surface area (Å²) < 4.78 is 12.7. The van der Waals surface area contributed by atoms with Crippen LogP contribution >= 0.6 is 11.8 Å². The van der Waals surface area contributed by atoms with Crippen molar-refractivity contribution in [1.29, 1.82) is 0 Å². The highest BCUT2D eigenvalue weighted by Gasteiger charge is 2.02. The first kappa shape index (κ1) is 11.3. The molecule has 78 valence electrons. The highest BCUT2D eigenvalue weighted by Crippen LogP contribution is 2.10. The lowest BCUT2D eigenvalue weighted by molar-refractivity contribution is 0.584. The standard InChI is InChI=1S/C10H15FN2S/c1-8(4-6-14-2)13-9-3-5-12-10(11)7-9/h3,5,7-8H,4,6H2,1-2H3,(H,12,13). The van der Waals surface area contributed by atoms with Gasteiger partial charge < -0.3 is 5.32 Å². The molecule has 0 bridgehead atoms. The summed E-state index contributed by atoms with van der Waals surface area (Å²) in [6.07, 6.45) is 4.63. The van der Waals surface area contributed by atoms with E-state index in [1.54, 1.807) is 6.07 Å².